The molecule has 0 amide bonds. The third kappa shape index (κ3) is 5.44. The van der Waals surface area contributed by atoms with Crippen LogP contribution in [0, 0.1) is 6.92 Å². The highest BCUT2D eigenvalue weighted by atomic mass is 32.2. The number of hydrogen-bond donors (Lipinski definition) is 2. The molecule has 0 aliphatic carbocycles. The highest BCUT2D eigenvalue weighted by Crippen LogP contribution is 2.26. The van der Waals surface area contributed by atoms with Crippen molar-refractivity contribution in [1.29, 1.82) is 0 Å². The highest BCUT2D eigenvalue weighted by Gasteiger charge is 2.20. The number of aromatic nitrogens is 1. The van der Waals surface area contributed by atoms with Crippen LogP contribution in [-0.2, 0) is 16.6 Å². The van der Waals surface area contributed by atoms with E-state index in [4.69, 9.17) is 13.9 Å². The fraction of sp³-hybridized carbons (Fsp3) is 0.120. The lowest BCUT2D eigenvalue weighted by atomic mass is 10.2. The van der Waals surface area contributed by atoms with Gasteiger partial charge in [-0.05, 0) is 61.5 Å². The van der Waals surface area contributed by atoms with E-state index in [0.29, 0.717) is 28.8 Å². The van der Waals surface area contributed by atoms with Crippen molar-refractivity contribution < 1.29 is 32.2 Å². The van der Waals surface area contributed by atoms with Crippen molar-refractivity contribution in [3.05, 3.63) is 89.8 Å². The zero-order valence-corrected chi connectivity index (χ0v) is 19.7. The minimum atomic E-state index is -4.04. The molecule has 4 aromatic rings. The number of carboxylic acids is 1. The molecule has 35 heavy (non-hydrogen) atoms. The number of nitrogens with zero attached hydrogens (tertiary/aromatic N) is 1. The largest absolute Gasteiger partial charge is 0.497 e. The molecular formula is C25H22N2O7S. The lowest BCUT2D eigenvalue weighted by Gasteiger charge is -2.12. The SMILES string of the molecule is COc1ccc(NS(=O)(=O)c2ccc(OCc3nc(-c4ccccc4)oc3C)cc2)c(C(=O)O)c1. The number of hydrogen-bond acceptors (Lipinski definition) is 7. The number of rotatable bonds is 9. The van der Waals surface area contributed by atoms with Gasteiger partial charge in [0.05, 0.1) is 23.3 Å². The zero-order valence-electron chi connectivity index (χ0n) is 18.9. The second-order valence-corrected chi connectivity index (χ2v) is 9.15. The summed E-state index contributed by atoms with van der Waals surface area (Å²) in [4.78, 5) is 16.0. The van der Waals surface area contributed by atoms with Crippen molar-refractivity contribution in [2.45, 2.75) is 18.4 Å². The summed E-state index contributed by atoms with van der Waals surface area (Å²) in [5.41, 5.74) is 1.18. The first-order valence-corrected chi connectivity index (χ1v) is 11.9. The molecule has 180 valence electrons. The van der Waals surface area contributed by atoms with Crippen LogP contribution in [0.4, 0.5) is 5.69 Å². The van der Waals surface area contributed by atoms with Gasteiger partial charge in [0.15, 0.2) is 0 Å². The summed E-state index contributed by atoms with van der Waals surface area (Å²) in [5.74, 6) is 0.562. The van der Waals surface area contributed by atoms with Crippen LogP contribution >= 0.6 is 0 Å². The number of oxazole rings is 1. The molecule has 0 spiro atoms. The Bertz CT molecular complexity index is 1450. The van der Waals surface area contributed by atoms with E-state index in [2.05, 4.69) is 9.71 Å². The maximum atomic E-state index is 12.8. The molecule has 0 saturated heterocycles. The predicted molar refractivity (Wildman–Crippen MR) is 128 cm³/mol. The van der Waals surface area contributed by atoms with E-state index in [1.807, 2.05) is 30.3 Å². The molecule has 0 bridgehead atoms. The van der Waals surface area contributed by atoms with Crippen molar-refractivity contribution in [1.82, 2.24) is 4.98 Å². The molecule has 0 atom stereocenters. The Hall–Kier alpha value is -4.31. The van der Waals surface area contributed by atoms with Crippen LogP contribution < -0.4 is 14.2 Å². The Morgan fingerprint density at radius 2 is 1.71 bits per heavy atom. The monoisotopic (exact) mass is 494 g/mol. The molecule has 1 heterocycles. The molecule has 0 aliphatic rings. The Morgan fingerprint density at radius 3 is 2.37 bits per heavy atom. The Kier molecular flexibility index (Phi) is 6.74. The Morgan fingerprint density at radius 1 is 1.03 bits per heavy atom. The van der Waals surface area contributed by atoms with E-state index in [1.54, 1.807) is 6.92 Å². The van der Waals surface area contributed by atoms with Crippen LogP contribution in [0.25, 0.3) is 11.5 Å². The number of anilines is 1. The van der Waals surface area contributed by atoms with Gasteiger partial charge >= 0.3 is 5.97 Å². The number of carbonyl (C=O) groups is 1. The van der Waals surface area contributed by atoms with E-state index < -0.39 is 16.0 Å². The number of benzene rings is 3. The number of sulfonamides is 1. The lowest BCUT2D eigenvalue weighted by Crippen LogP contribution is -2.15. The van der Waals surface area contributed by atoms with E-state index in [9.17, 15) is 18.3 Å². The maximum absolute atomic E-state index is 12.8. The fourth-order valence-electron chi connectivity index (χ4n) is 3.25. The molecule has 0 aliphatic heterocycles. The first-order chi connectivity index (χ1) is 16.8. The number of methoxy groups -OCH3 is 1. The summed E-state index contributed by atoms with van der Waals surface area (Å²) in [6, 6.07) is 19.3. The average Bonchev–Trinajstić information content (AvgIpc) is 3.24. The van der Waals surface area contributed by atoms with Crippen molar-refractivity contribution in [2.24, 2.45) is 0 Å². The Balaban J connectivity index is 1.46. The molecule has 10 heteroatoms. The summed E-state index contributed by atoms with van der Waals surface area (Å²) >= 11 is 0. The minimum Gasteiger partial charge on any atom is -0.497 e. The van der Waals surface area contributed by atoms with Gasteiger partial charge in [0, 0.05) is 5.56 Å². The fourth-order valence-corrected chi connectivity index (χ4v) is 4.33. The number of ether oxygens (including phenoxy) is 2. The number of carboxylic acid groups (broad SMARTS) is 1. The summed E-state index contributed by atoms with van der Waals surface area (Å²) in [6.45, 7) is 1.93. The third-order valence-electron chi connectivity index (χ3n) is 5.12. The van der Waals surface area contributed by atoms with E-state index >= 15 is 0 Å². The first-order valence-electron chi connectivity index (χ1n) is 10.5. The number of aromatic carboxylic acids is 1. The van der Waals surface area contributed by atoms with Crippen LogP contribution in [0.2, 0.25) is 0 Å². The van der Waals surface area contributed by atoms with Crippen molar-refractivity contribution in [2.75, 3.05) is 11.8 Å². The van der Waals surface area contributed by atoms with Gasteiger partial charge in [-0.3, -0.25) is 4.72 Å². The lowest BCUT2D eigenvalue weighted by molar-refractivity contribution is 0.0697. The molecule has 1 aromatic heterocycles. The summed E-state index contributed by atoms with van der Waals surface area (Å²) < 4.78 is 44.4. The molecule has 0 radical (unpaired) electrons. The smallest absolute Gasteiger partial charge is 0.337 e. The van der Waals surface area contributed by atoms with Gasteiger partial charge in [0.1, 0.15) is 29.6 Å². The summed E-state index contributed by atoms with van der Waals surface area (Å²) in [6.07, 6.45) is 0. The second-order valence-electron chi connectivity index (χ2n) is 7.47. The number of nitrogens with one attached hydrogen (secondary N) is 1. The summed E-state index contributed by atoms with van der Waals surface area (Å²) in [7, 11) is -2.65. The molecule has 0 unspecified atom stereocenters. The first kappa shape index (κ1) is 23.8. The third-order valence-corrected chi connectivity index (χ3v) is 6.51. The standard InChI is InChI=1S/C25H22N2O7S/c1-16-23(26-24(34-16)17-6-4-3-5-7-17)15-33-18-8-11-20(12-9-18)35(30,31)27-22-13-10-19(32-2)14-21(22)25(28)29/h3-14,27H,15H2,1-2H3,(H,28,29). The van der Waals surface area contributed by atoms with Gasteiger partial charge in [-0.15, -0.1) is 0 Å². The molecule has 2 N–H and O–H groups in total. The van der Waals surface area contributed by atoms with E-state index in [0.717, 1.165) is 5.56 Å². The Labute approximate surface area is 202 Å². The van der Waals surface area contributed by atoms with Gasteiger partial charge in [0.2, 0.25) is 5.89 Å². The van der Waals surface area contributed by atoms with Crippen LogP contribution in [0.5, 0.6) is 11.5 Å². The quantitative estimate of drug-likeness (QED) is 0.342. The topological polar surface area (TPSA) is 128 Å². The van der Waals surface area contributed by atoms with Gasteiger partial charge < -0.3 is 19.0 Å². The zero-order chi connectivity index (χ0) is 25.0. The van der Waals surface area contributed by atoms with Crippen molar-refractivity contribution >= 4 is 21.7 Å². The summed E-state index contributed by atoms with van der Waals surface area (Å²) in [5, 5.41) is 9.41. The molecular weight excluding hydrogens is 472 g/mol. The minimum absolute atomic E-state index is 0.0546. The van der Waals surface area contributed by atoms with Gasteiger partial charge in [0.25, 0.3) is 10.0 Å². The predicted octanol–water partition coefficient (Wildman–Crippen LogP) is 4.74. The second kappa shape index (κ2) is 9.90. The molecule has 4 rings (SSSR count). The van der Waals surface area contributed by atoms with Crippen LogP contribution in [0.3, 0.4) is 0 Å². The maximum Gasteiger partial charge on any atom is 0.337 e. The van der Waals surface area contributed by atoms with Crippen LogP contribution in [-0.4, -0.2) is 31.6 Å². The molecule has 0 fully saturated rings. The van der Waals surface area contributed by atoms with Crippen molar-refractivity contribution in [3.63, 3.8) is 0 Å². The molecule has 3 aromatic carbocycles. The molecule has 9 nitrogen and oxygen atoms in total. The van der Waals surface area contributed by atoms with Crippen LogP contribution in [0.1, 0.15) is 21.8 Å². The average molecular weight is 495 g/mol. The van der Waals surface area contributed by atoms with Crippen molar-refractivity contribution in [3.8, 4) is 23.0 Å². The number of aryl methyl sites for hydroxylation is 1. The van der Waals surface area contributed by atoms with E-state index in [-0.39, 0.29) is 22.8 Å². The van der Waals surface area contributed by atoms with Gasteiger partial charge in [-0.1, -0.05) is 18.2 Å². The van der Waals surface area contributed by atoms with Gasteiger partial charge in [-0.2, -0.15) is 0 Å². The van der Waals surface area contributed by atoms with Crippen LogP contribution in [0.15, 0.2) is 82.1 Å². The normalized spacial score (nSPS) is 11.1. The highest BCUT2D eigenvalue weighted by molar-refractivity contribution is 7.92. The van der Waals surface area contributed by atoms with E-state index in [1.165, 1.54) is 49.6 Å². The van der Waals surface area contributed by atoms with Gasteiger partial charge in [-0.25, -0.2) is 18.2 Å². The molecule has 0 saturated carbocycles.